The van der Waals surface area contributed by atoms with Gasteiger partial charge in [0.05, 0.1) is 10.0 Å². The highest BCUT2D eigenvalue weighted by Gasteiger charge is 2.28. The van der Waals surface area contributed by atoms with Gasteiger partial charge in [-0.3, -0.25) is 0 Å². The van der Waals surface area contributed by atoms with Gasteiger partial charge in [0, 0.05) is 30.9 Å². The fraction of sp³-hybridized carbons (Fsp3) is 0.600. The summed E-state index contributed by atoms with van der Waals surface area (Å²) in [5, 5.41) is 4.89. The van der Waals surface area contributed by atoms with Gasteiger partial charge in [-0.1, -0.05) is 43.5 Å². The Hall–Kier alpha value is -0.440. The molecule has 1 aromatic rings. The first-order chi connectivity index (χ1) is 9.02. The topological polar surface area (TPSA) is 15.3 Å². The molecule has 2 nitrogen and oxygen atoms in total. The van der Waals surface area contributed by atoms with E-state index in [2.05, 4.69) is 37.1 Å². The largest absolute Gasteiger partial charge is 0.366 e. The molecule has 0 radical (unpaired) electrons. The first-order valence-corrected chi connectivity index (χ1v) is 7.73. The van der Waals surface area contributed by atoms with Crippen LogP contribution in [0.4, 0.5) is 5.69 Å². The Morgan fingerprint density at radius 1 is 1.37 bits per heavy atom. The molecule has 1 heterocycles. The first kappa shape index (κ1) is 15.0. The van der Waals surface area contributed by atoms with Crippen molar-refractivity contribution < 1.29 is 0 Å². The summed E-state index contributed by atoms with van der Waals surface area (Å²) in [6.45, 7) is 8.82. The van der Waals surface area contributed by atoms with Gasteiger partial charge in [-0.05, 0) is 31.0 Å². The standard InChI is InChI=1S/C15H22Cl2N2/c1-4-10(2)15-9-19(11(3)8-18-15)12-5-6-13(16)14(17)7-12/h5-7,10-11,15,18H,4,8-9H2,1-3H3. The van der Waals surface area contributed by atoms with Gasteiger partial charge in [-0.25, -0.2) is 0 Å². The number of anilines is 1. The molecule has 0 spiro atoms. The van der Waals surface area contributed by atoms with Gasteiger partial charge >= 0.3 is 0 Å². The minimum atomic E-state index is 0.470. The summed E-state index contributed by atoms with van der Waals surface area (Å²) in [6, 6.07) is 6.92. The number of halogens is 2. The zero-order chi connectivity index (χ0) is 14.0. The smallest absolute Gasteiger partial charge is 0.0612 e. The third kappa shape index (κ3) is 3.36. The van der Waals surface area contributed by atoms with Crippen LogP contribution in [0.25, 0.3) is 0 Å². The summed E-state index contributed by atoms with van der Waals surface area (Å²) >= 11 is 12.1. The number of nitrogens with one attached hydrogen (secondary N) is 1. The summed E-state index contributed by atoms with van der Waals surface area (Å²) in [7, 11) is 0. The summed E-state index contributed by atoms with van der Waals surface area (Å²) in [6.07, 6.45) is 1.20. The molecule has 1 aliphatic rings. The molecule has 1 aromatic carbocycles. The van der Waals surface area contributed by atoms with Crippen LogP contribution in [-0.4, -0.2) is 25.2 Å². The Labute approximate surface area is 126 Å². The van der Waals surface area contributed by atoms with Crippen LogP contribution in [0.5, 0.6) is 0 Å². The number of nitrogens with zero attached hydrogens (tertiary/aromatic N) is 1. The Kier molecular flexibility index (Phi) is 4.99. The number of piperazine rings is 1. The number of hydrogen-bond acceptors (Lipinski definition) is 2. The highest BCUT2D eigenvalue weighted by molar-refractivity contribution is 6.42. The summed E-state index contributed by atoms with van der Waals surface area (Å²) in [5.74, 6) is 0.678. The average Bonchev–Trinajstić information content (AvgIpc) is 2.41. The van der Waals surface area contributed by atoms with Gasteiger partial charge in [0.1, 0.15) is 0 Å². The normalized spacial score (nSPS) is 25.4. The SMILES string of the molecule is CCC(C)C1CN(c2ccc(Cl)c(Cl)c2)C(C)CN1. The third-order valence-electron chi connectivity index (χ3n) is 4.17. The molecule has 3 atom stereocenters. The van der Waals surface area contributed by atoms with Crippen LogP contribution < -0.4 is 10.2 Å². The van der Waals surface area contributed by atoms with Crippen LogP contribution in [0.15, 0.2) is 18.2 Å². The Bertz CT molecular complexity index is 436. The summed E-state index contributed by atoms with van der Waals surface area (Å²) in [5.41, 5.74) is 1.16. The second kappa shape index (κ2) is 6.34. The van der Waals surface area contributed by atoms with E-state index in [1.807, 2.05) is 12.1 Å². The second-order valence-corrected chi connectivity index (χ2v) is 6.31. The maximum atomic E-state index is 6.13. The predicted octanol–water partition coefficient (Wildman–Crippen LogP) is 4.21. The Morgan fingerprint density at radius 3 is 2.74 bits per heavy atom. The Morgan fingerprint density at radius 2 is 2.11 bits per heavy atom. The van der Waals surface area contributed by atoms with Crippen molar-refractivity contribution in [1.82, 2.24) is 5.32 Å². The molecule has 0 amide bonds. The van der Waals surface area contributed by atoms with Crippen molar-refractivity contribution >= 4 is 28.9 Å². The molecule has 2 rings (SSSR count). The number of hydrogen-bond donors (Lipinski definition) is 1. The maximum absolute atomic E-state index is 6.13. The molecule has 0 saturated carbocycles. The van der Waals surface area contributed by atoms with Gasteiger partial charge in [0.25, 0.3) is 0 Å². The van der Waals surface area contributed by atoms with Gasteiger partial charge in [-0.15, -0.1) is 0 Å². The molecule has 1 saturated heterocycles. The van der Waals surface area contributed by atoms with E-state index in [0.717, 1.165) is 18.8 Å². The van der Waals surface area contributed by atoms with E-state index in [0.29, 0.717) is 28.0 Å². The molecule has 1 N–H and O–H groups in total. The van der Waals surface area contributed by atoms with Crippen molar-refractivity contribution in [2.75, 3.05) is 18.0 Å². The van der Waals surface area contributed by atoms with Crippen molar-refractivity contribution in [1.29, 1.82) is 0 Å². The predicted molar refractivity (Wildman–Crippen MR) is 84.5 cm³/mol. The molecule has 1 fully saturated rings. The van der Waals surface area contributed by atoms with E-state index in [-0.39, 0.29) is 0 Å². The molecule has 0 bridgehead atoms. The molecule has 0 aliphatic carbocycles. The third-order valence-corrected chi connectivity index (χ3v) is 4.91. The molecule has 4 heteroatoms. The lowest BCUT2D eigenvalue weighted by atomic mass is 9.95. The number of rotatable bonds is 3. The van der Waals surface area contributed by atoms with Crippen LogP contribution >= 0.6 is 23.2 Å². The van der Waals surface area contributed by atoms with E-state index in [4.69, 9.17) is 23.2 Å². The van der Waals surface area contributed by atoms with Crippen LogP contribution in [0, 0.1) is 5.92 Å². The molecule has 106 valence electrons. The van der Waals surface area contributed by atoms with Crippen LogP contribution in [0.2, 0.25) is 10.0 Å². The van der Waals surface area contributed by atoms with Crippen LogP contribution in [0.3, 0.4) is 0 Å². The van der Waals surface area contributed by atoms with Gasteiger partial charge < -0.3 is 10.2 Å². The fourth-order valence-corrected chi connectivity index (χ4v) is 2.87. The fourth-order valence-electron chi connectivity index (χ4n) is 2.58. The van der Waals surface area contributed by atoms with E-state index in [1.165, 1.54) is 6.42 Å². The monoisotopic (exact) mass is 300 g/mol. The van der Waals surface area contributed by atoms with Crippen molar-refractivity contribution in [3.05, 3.63) is 28.2 Å². The van der Waals surface area contributed by atoms with Crippen molar-refractivity contribution in [2.24, 2.45) is 5.92 Å². The van der Waals surface area contributed by atoms with Crippen molar-refractivity contribution in [3.8, 4) is 0 Å². The van der Waals surface area contributed by atoms with Crippen molar-refractivity contribution in [3.63, 3.8) is 0 Å². The maximum Gasteiger partial charge on any atom is 0.0612 e. The Balaban J connectivity index is 2.18. The quantitative estimate of drug-likeness (QED) is 0.900. The lowest BCUT2D eigenvalue weighted by molar-refractivity contribution is 0.316. The lowest BCUT2D eigenvalue weighted by Crippen LogP contribution is -2.57. The molecular weight excluding hydrogens is 279 g/mol. The molecule has 0 aromatic heterocycles. The van der Waals surface area contributed by atoms with Gasteiger partial charge in [-0.2, -0.15) is 0 Å². The summed E-state index contributed by atoms with van der Waals surface area (Å²) in [4.78, 5) is 2.43. The van der Waals surface area contributed by atoms with Gasteiger partial charge in [0.15, 0.2) is 0 Å². The second-order valence-electron chi connectivity index (χ2n) is 5.50. The van der Waals surface area contributed by atoms with E-state index < -0.39 is 0 Å². The van der Waals surface area contributed by atoms with E-state index in [1.54, 1.807) is 0 Å². The number of benzene rings is 1. The molecular formula is C15H22Cl2N2. The molecule has 1 aliphatic heterocycles. The van der Waals surface area contributed by atoms with Gasteiger partial charge in [0.2, 0.25) is 0 Å². The van der Waals surface area contributed by atoms with Crippen LogP contribution in [-0.2, 0) is 0 Å². The molecule has 19 heavy (non-hydrogen) atoms. The van der Waals surface area contributed by atoms with Crippen molar-refractivity contribution in [2.45, 2.75) is 39.3 Å². The molecule has 3 unspecified atom stereocenters. The highest BCUT2D eigenvalue weighted by Crippen LogP contribution is 2.29. The van der Waals surface area contributed by atoms with E-state index >= 15 is 0 Å². The lowest BCUT2D eigenvalue weighted by Gasteiger charge is -2.42. The minimum absolute atomic E-state index is 0.470. The zero-order valence-electron chi connectivity index (χ0n) is 11.8. The first-order valence-electron chi connectivity index (χ1n) is 6.98. The van der Waals surface area contributed by atoms with E-state index in [9.17, 15) is 0 Å². The van der Waals surface area contributed by atoms with Crippen LogP contribution in [0.1, 0.15) is 27.2 Å². The minimum Gasteiger partial charge on any atom is -0.366 e. The highest BCUT2D eigenvalue weighted by atomic mass is 35.5. The summed E-state index contributed by atoms with van der Waals surface area (Å²) < 4.78 is 0. The zero-order valence-corrected chi connectivity index (χ0v) is 13.3. The average molecular weight is 301 g/mol.